The second-order valence-corrected chi connectivity index (χ2v) is 3.99. The second kappa shape index (κ2) is 3.08. The molecule has 2 N–H and O–H groups in total. The molecule has 5 heteroatoms. The molecule has 0 aliphatic heterocycles. The topological polar surface area (TPSA) is 73.8 Å². The lowest BCUT2D eigenvalue weighted by Gasteiger charge is -2.00. The third-order valence-corrected chi connectivity index (χ3v) is 2.75. The van der Waals surface area contributed by atoms with E-state index in [1.54, 1.807) is 0 Å². The van der Waals surface area contributed by atoms with Crippen LogP contribution in [-0.2, 0) is 11.2 Å². The van der Waals surface area contributed by atoms with Crippen molar-refractivity contribution in [2.24, 2.45) is 11.7 Å². The van der Waals surface area contributed by atoms with Crippen molar-refractivity contribution in [3.05, 3.63) is 11.4 Å². The number of hydrogen-bond acceptors (Lipinski definition) is 3. The molecule has 76 valence electrons. The minimum atomic E-state index is -0.357. The molecule has 1 heterocycles. The molecule has 0 saturated heterocycles. The minimum Gasteiger partial charge on any atom is -0.369 e. The first kappa shape index (κ1) is 9.18. The van der Waals surface area contributed by atoms with Crippen molar-refractivity contribution in [3.63, 3.8) is 0 Å². The van der Waals surface area contributed by atoms with Gasteiger partial charge in [0.25, 0.3) is 0 Å². The number of carbonyl (C=O) groups is 1. The molecule has 0 aromatic carbocycles. The summed E-state index contributed by atoms with van der Waals surface area (Å²) in [4.78, 5) is 10.7. The number of hydrogen-bond donors (Lipinski definition) is 1. The Hall–Kier alpha value is -1.39. The van der Waals surface area contributed by atoms with Gasteiger partial charge in [0, 0.05) is 0 Å². The van der Waals surface area contributed by atoms with Crippen LogP contribution < -0.4 is 5.73 Å². The van der Waals surface area contributed by atoms with Crippen LogP contribution in [0.3, 0.4) is 0 Å². The Bertz CT molecular complexity index is 371. The van der Waals surface area contributed by atoms with Gasteiger partial charge in [-0.2, -0.15) is 0 Å². The highest BCUT2D eigenvalue weighted by Gasteiger charge is 2.36. The van der Waals surface area contributed by atoms with Gasteiger partial charge >= 0.3 is 0 Å². The highest BCUT2D eigenvalue weighted by atomic mass is 16.1. The number of carbonyl (C=O) groups excluding carboxylic acids is 1. The summed E-state index contributed by atoms with van der Waals surface area (Å²) in [5, 5.41) is 8.00. The predicted molar refractivity (Wildman–Crippen MR) is 50.5 cm³/mol. The normalized spacial score (nSPS) is 25.0. The van der Waals surface area contributed by atoms with Gasteiger partial charge in [-0.05, 0) is 19.3 Å². The van der Waals surface area contributed by atoms with Crippen LogP contribution in [0.25, 0.3) is 0 Å². The lowest BCUT2D eigenvalue weighted by atomic mass is 10.2. The summed E-state index contributed by atoms with van der Waals surface area (Å²) in [6.07, 6.45) is 1.34. The van der Waals surface area contributed by atoms with Crippen LogP contribution in [0.1, 0.15) is 30.8 Å². The fourth-order valence-electron chi connectivity index (χ4n) is 1.66. The summed E-state index contributed by atoms with van der Waals surface area (Å²) in [7, 11) is 0. The number of rotatable bonds is 3. The summed E-state index contributed by atoms with van der Waals surface area (Å²) in [6.45, 7) is 4.11. The monoisotopic (exact) mass is 194 g/mol. The molecule has 14 heavy (non-hydrogen) atoms. The van der Waals surface area contributed by atoms with E-state index in [4.69, 9.17) is 5.73 Å². The first-order valence-corrected chi connectivity index (χ1v) is 4.78. The van der Waals surface area contributed by atoms with E-state index in [0.717, 1.165) is 12.1 Å². The van der Waals surface area contributed by atoms with Crippen molar-refractivity contribution in [3.8, 4) is 0 Å². The maximum Gasteiger partial charge on any atom is 0.223 e. The fourth-order valence-corrected chi connectivity index (χ4v) is 1.66. The standard InChI is InChI=1S/C9H14N4O/c1-5-3-8(5)13-6(2)7(11-12-13)4-9(10)14/h5,8H,3-4H2,1-2H3,(H2,10,14). The first-order valence-electron chi connectivity index (χ1n) is 4.78. The van der Waals surface area contributed by atoms with Gasteiger partial charge < -0.3 is 5.73 Å². The predicted octanol–water partition coefficient (Wildman–Crippen LogP) is 0.195. The zero-order chi connectivity index (χ0) is 10.3. The number of amides is 1. The summed E-state index contributed by atoms with van der Waals surface area (Å²) in [5.74, 6) is 0.320. The zero-order valence-corrected chi connectivity index (χ0v) is 8.40. The molecule has 5 nitrogen and oxygen atoms in total. The van der Waals surface area contributed by atoms with E-state index in [2.05, 4.69) is 17.2 Å². The van der Waals surface area contributed by atoms with Gasteiger partial charge in [-0.25, -0.2) is 4.68 Å². The lowest BCUT2D eigenvalue weighted by Crippen LogP contribution is -2.14. The second-order valence-electron chi connectivity index (χ2n) is 3.99. The van der Waals surface area contributed by atoms with E-state index in [1.165, 1.54) is 0 Å². The fraction of sp³-hybridized carbons (Fsp3) is 0.667. The smallest absolute Gasteiger partial charge is 0.223 e. The average Bonchev–Trinajstić information content (AvgIpc) is 2.70. The molecule has 0 radical (unpaired) electrons. The summed E-state index contributed by atoms with van der Waals surface area (Å²) >= 11 is 0. The van der Waals surface area contributed by atoms with E-state index < -0.39 is 0 Å². The molecule has 1 saturated carbocycles. The van der Waals surface area contributed by atoms with Gasteiger partial charge in [0.15, 0.2) is 0 Å². The molecule has 2 unspecified atom stereocenters. The molecule has 1 aliphatic rings. The lowest BCUT2D eigenvalue weighted by molar-refractivity contribution is -0.117. The van der Waals surface area contributed by atoms with Gasteiger partial charge in [-0.1, -0.05) is 12.1 Å². The molecule has 0 spiro atoms. The van der Waals surface area contributed by atoms with E-state index in [0.29, 0.717) is 17.7 Å². The molecule has 2 rings (SSSR count). The zero-order valence-electron chi connectivity index (χ0n) is 8.40. The Balaban J connectivity index is 2.19. The first-order chi connectivity index (χ1) is 6.59. The van der Waals surface area contributed by atoms with Crippen LogP contribution in [0.2, 0.25) is 0 Å². The summed E-state index contributed by atoms with van der Waals surface area (Å²) in [5.41, 5.74) is 6.78. The van der Waals surface area contributed by atoms with E-state index >= 15 is 0 Å². The van der Waals surface area contributed by atoms with Gasteiger partial charge in [-0.3, -0.25) is 4.79 Å². The van der Waals surface area contributed by atoms with Crippen LogP contribution in [0, 0.1) is 12.8 Å². The van der Waals surface area contributed by atoms with E-state index in [1.807, 2.05) is 11.6 Å². The molecule has 2 atom stereocenters. The van der Waals surface area contributed by atoms with Crippen LogP contribution >= 0.6 is 0 Å². The summed E-state index contributed by atoms with van der Waals surface area (Å²) in [6, 6.07) is 0.476. The number of primary amides is 1. The summed E-state index contributed by atoms with van der Waals surface area (Å²) < 4.78 is 1.91. The van der Waals surface area contributed by atoms with Gasteiger partial charge in [0.05, 0.1) is 23.9 Å². The molecular formula is C9H14N4O. The van der Waals surface area contributed by atoms with Gasteiger partial charge in [-0.15, -0.1) is 5.10 Å². The molecule has 1 aliphatic carbocycles. The average molecular weight is 194 g/mol. The van der Waals surface area contributed by atoms with Crippen LogP contribution in [0.5, 0.6) is 0 Å². The van der Waals surface area contributed by atoms with Gasteiger partial charge in [0.2, 0.25) is 5.91 Å². The molecule has 1 aromatic rings. The van der Waals surface area contributed by atoms with Crippen molar-refractivity contribution in [2.45, 2.75) is 32.7 Å². The minimum absolute atomic E-state index is 0.187. The van der Waals surface area contributed by atoms with Crippen LogP contribution in [0.15, 0.2) is 0 Å². The van der Waals surface area contributed by atoms with Crippen molar-refractivity contribution in [1.82, 2.24) is 15.0 Å². The SMILES string of the molecule is Cc1c(CC(N)=O)nnn1C1CC1C. The third kappa shape index (κ3) is 1.49. The van der Waals surface area contributed by atoms with Crippen molar-refractivity contribution < 1.29 is 4.79 Å². The molecule has 0 bridgehead atoms. The maximum atomic E-state index is 10.7. The molecule has 1 amide bonds. The van der Waals surface area contributed by atoms with Crippen molar-refractivity contribution in [2.75, 3.05) is 0 Å². The van der Waals surface area contributed by atoms with Crippen molar-refractivity contribution >= 4 is 5.91 Å². The maximum absolute atomic E-state index is 10.7. The largest absolute Gasteiger partial charge is 0.369 e. The van der Waals surface area contributed by atoms with Crippen LogP contribution in [-0.4, -0.2) is 20.9 Å². The highest BCUT2D eigenvalue weighted by Crippen LogP contribution is 2.42. The quantitative estimate of drug-likeness (QED) is 0.746. The Morgan fingerprint density at radius 3 is 2.86 bits per heavy atom. The molecular weight excluding hydrogens is 180 g/mol. The van der Waals surface area contributed by atoms with E-state index in [9.17, 15) is 4.79 Å². The third-order valence-electron chi connectivity index (χ3n) is 2.75. The number of aromatic nitrogens is 3. The van der Waals surface area contributed by atoms with Crippen molar-refractivity contribution in [1.29, 1.82) is 0 Å². The Morgan fingerprint density at radius 2 is 2.36 bits per heavy atom. The Kier molecular flexibility index (Phi) is 2.02. The van der Waals surface area contributed by atoms with Gasteiger partial charge in [0.1, 0.15) is 0 Å². The highest BCUT2D eigenvalue weighted by molar-refractivity contribution is 5.76. The number of nitrogens with zero attached hydrogens (tertiary/aromatic N) is 3. The van der Waals surface area contributed by atoms with Crippen LogP contribution in [0.4, 0.5) is 0 Å². The number of nitrogens with two attached hydrogens (primary N) is 1. The Morgan fingerprint density at radius 1 is 1.71 bits per heavy atom. The molecule has 1 fully saturated rings. The van der Waals surface area contributed by atoms with E-state index in [-0.39, 0.29) is 12.3 Å². The molecule has 1 aromatic heterocycles. The Labute approximate surface area is 82.3 Å².